The Morgan fingerprint density at radius 2 is 1.82 bits per heavy atom. The zero-order valence-electron chi connectivity index (χ0n) is 9.34. The van der Waals surface area contributed by atoms with Gasteiger partial charge in [0.1, 0.15) is 0 Å². The summed E-state index contributed by atoms with van der Waals surface area (Å²) in [4.78, 5) is 12.4. The number of nitrogens with zero attached hydrogens (tertiary/aromatic N) is 2. The molecule has 0 unspecified atom stereocenters. The van der Waals surface area contributed by atoms with Crippen LogP contribution >= 0.6 is 0 Å². The second-order valence-corrected chi connectivity index (χ2v) is 3.81. The van der Waals surface area contributed by atoms with Gasteiger partial charge in [0.15, 0.2) is 0 Å². The smallest absolute Gasteiger partial charge is 0.269 e. The fraction of sp³-hybridized carbons (Fsp3) is 0.455. The van der Waals surface area contributed by atoms with Crippen molar-refractivity contribution in [1.29, 1.82) is 0 Å². The first kappa shape index (κ1) is 13.9. The highest BCUT2D eigenvalue weighted by atomic mass is 35.5. The molecule has 1 aromatic rings. The minimum absolute atomic E-state index is 0. The van der Waals surface area contributed by atoms with Crippen LogP contribution in [0.25, 0.3) is 0 Å². The Kier molecular flexibility index (Phi) is 5.34. The number of hydrogen-bond donors (Lipinski definition) is 0. The molecule has 0 N–H and O–H groups in total. The molecule has 1 fully saturated rings. The summed E-state index contributed by atoms with van der Waals surface area (Å²) in [5.74, 6) is 0. The van der Waals surface area contributed by atoms with Crippen molar-refractivity contribution in [1.82, 2.24) is 4.90 Å². The van der Waals surface area contributed by atoms with E-state index < -0.39 is 0 Å². The summed E-state index contributed by atoms with van der Waals surface area (Å²) in [5.41, 5.74) is 1.25. The van der Waals surface area contributed by atoms with Gasteiger partial charge in [0.2, 0.25) is 0 Å². The van der Waals surface area contributed by atoms with Crippen molar-refractivity contribution in [3.8, 4) is 0 Å². The van der Waals surface area contributed by atoms with Gasteiger partial charge in [0, 0.05) is 31.8 Å². The van der Waals surface area contributed by atoms with Crippen LogP contribution in [0.5, 0.6) is 0 Å². The summed E-state index contributed by atoms with van der Waals surface area (Å²) in [6.45, 7) is 4.23. The molecule has 0 aromatic heterocycles. The number of morpholine rings is 1. The molecule has 0 amide bonds. The monoisotopic (exact) mass is 257 g/mol. The summed E-state index contributed by atoms with van der Waals surface area (Å²) in [7, 11) is 0. The molecule has 0 spiro atoms. The number of non-ortho nitro benzene ring substituents is 1. The number of benzene rings is 1. The lowest BCUT2D eigenvalue weighted by Crippen LogP contribution is -3.00. The van der Waals surface area contributed by atoms with Crippen molar-refractivity contribution >= 4 is 5.69 Å². The van der Waals surface area contributed by atoms with Crippen molar-refractivity contribution in [3.05, 3.63) is 39.9 Å². The second-order valence-electron chi connectivity index (χ2n) is 3.81. The Hall–Kier alpha value is -1.17. The highest BCUT2D eigenvalue weighted by molar-refractivity contribution is 5.32. The van der Waals surface area contributed by atoms with Crippen molar-refractivity contribution in [2.24, 2.45) is 0 Å². The van der Waals surface area contributed by atoms with Crippen molar-refractivity contribution < 1.29 is 22.1 Å². The van der Waals surface area contributed by atoms with Crippen LogP contribution in [0.1, 0.15) is 5.56 Å². The Morgan fingerprint density at radius 3 is 2.35 bits per heavy atom. The van der Waals surface area contributed by atoms with Crippen molar-refractivity contribution in [2.45, 2.75) is 6.54 Å². The fourth-order valence-electron chi connectivity index (χ4n) is 1.74. The highest BCUT2D eigenvalue weighted by Crippen LogP contribution is 2.13. The van der Waals surface area contributed by atoms with E-state index in [-0.39, 0.29) is 23.0 Å². The van der Waals surface area contributed by atoms with E-state index in [0.29, 0.717) is 0 Å². The zero-order chi connectivity index (χ0) is 11.4. The molecule has 0 atom stereocenters. The molecular formula is C11H14ClN2O3-. The average Bonchev–Trinajstić information content (AvgIpc) is 2.31. The molecule has 1 saturated heterocycles. The molecule has 0 bridgehead atoms. The average molecular weight is 258 g/mol. The van der Waals surface area contributed by atoms with Gasteiger partial charge in [-0.3, -0.25) is 15.0 Å². The summed E-state index contributed by atoms with van der Waals surface area (Å²) in [5, 5.41) is 10.5. The summed E-state index contributed by atoms with van der Waals surface area (Å²) in [6, 6.07) is 6.73. The predicted octanol–water partition coefficient (Wildman–Crippen LogP) is -1.57. The molecule has 1 aliphatic heterocycles. The third kappa shape index (κ3) is 3.96. The number of nitro benzene ring substituents is 1. The molecule has 5 nitrogen and oxygen atoms in total. The zero-order valence-corrected chi connectivity index (χ0v) is 10.1. The summed E-state index contributed by atoms with van der Waals surface area (Å²) < 4.78 is 5.26. The third-order valence-electron chi connectivity index (χ3n) is 2.66. The lowest BCUT2D eigenvalue weighted by molar-refractivity contribution is -0.384. The van der Waals surface area contributed by atoms with Gasteiger partial charge in [-0.15, -0.1) is 0 Å². The molecule has 17 heavy (non-hydrogen) atoms. The fourth-order valence-corrected chi connectivity index (χ4v) is 1.74. The molecule has 6 heteroatoms. The Bertz CT molecular complexity index is 363. The van der Waals surface area contributed by atoms with Crippen LogP contribution in [0.3, 0.4) is 0 Å². The largest absolute Gasteiger partial charge is 1.00 e. The van der Waals surface area contributed by atoms with Crippen LogP contribution in [-0.4, -0.2) is 36.1 Å². The lowest BCUT2D eigenvalue weighted by Gasteiger charge is -2.26. The van der Waals surface area contributed by atoms with Crippen molar-refractivity contribution in [2.75, 3.05) is 26.3 Å². The first-order valence-electron chi connectivity index (χ1n) is 5.29. The van der Waals surface area contributed by atoms with E-state index in [4.69, 9.17) is 4.74 Å². The van der Waals surface area contributed by atoms with Gasteiger partial charge in [-0.2, -0.15) is 0 Å². The van der Waals surface area contributed by atoms with E-state index >= 15 is 0 Å². The van der Waals surface area contributed by atoms with Crippen molar-refractivity contribution in [3.63, 3.8) is 0 Å². The molecule has 1 heterocycles. The van der Waals surface area contributed by atoms with Gasteiger partial charge in [-0.25, -0.2) is 0 Å². The molecule has 1 aliphatic rings. The first-order chi connectivity index (χ1) is 7.75. The quantitative estimate of drug-likeness (QED) is 0.485. The van der Waals surface area contributed by atoms with E-state index in [2.05, 4.69) is 4.90 Å². The second kappa shape index (κ2) is 6.54. The number of hydrogen-bond acceptors (Lipinski definition) is 4. The number of halogens is 1. The predicted molar refractivity (Wildman–Crippen MR) is 59.2 cm³/mol. The molecule has 1 aromatic carbocycles. The molecule has 0 radical (unpaired) electrons. The number of nitro groups is 1. The van der Waals surface area contributed by atoms with Crippen LogP contribution in [-0.2, 0) is 11.3 Å². The van der Waals surface area contributed by atoms with E-state index in [0.717, 1.165) is 38.4 Å². The maximum atomic E-state index is 10.5. The first-order valence-corrected chi connectivity index (χ1v) is 5.29. The highest BCUT2D eigenvalue weighted by Gasteiger charge is 2.11. The third-order valence-corrected chi connectivity index (χ3v) is 2.66. The minimum Gasteiger partial charge on any atom is -1.00 e. The van der Waals surface area contributed by atoms with Gasteiger partial charge >= 0.3 is 0 Å². The van der Waals surface area contributed by atoms with E-state index in [1.165, 1.54) is 0 Å². The van der Waals surface area contributed by atoms with Crippen LogP contribution in [0, 0.1) is 10.1 Å². The number of rotatable bonds is 3. The van der Waals surface area contributed by atoms with Crippen LogP contribution in [0.4, 0.5) is 5.69 Å². The maximum Gasteiger partial charge on any atom is 0.269 e. The van der Waals surface area contributed by atoms with Gasteiger partial charge in [0.05, 0.1) is 18.1 Å². The molecule has 0 saturated carbocycles. The SMILES string of the molecule is O=[N+]([O-])c1ccc(CN2CCOCC2)cc1.[Cl-]. The van der Waals surface area contributed by atoms with Gasteiger partial charge < -0.3 is 17.1 Å². The molecule has 94 valence electrons. The Morgan fingerprint density at radius 1 is 1.24 bits per heavy atom. The van der Waals surface area contributed by atoms with Gasteiger partial charge in [0.25, 0.3) is 5.69 Å². The lowest BCUT2D eigenvalue weighted by atomic mass is 10.2. The van der Waals surface area contributed by atoms with Crippen LogP contribution in [0.15, 0.2) is 24.3 Å². The minimum atomic E-state index is -0.376. The molecular weight excluding hydrogens is 244 g/mol. The van der Waals surface area contributed by atoms with Gasteiger partial charge in [-0.05, 0) is 5.56 Å². The van der Waals surface area contributed by atoms with E-state index in [1.807, 2.05) is 12.1 Å². The Balaban J connectivity index is 0.00000144. The molecule has 0 aliphatic carbocycles. The normalized spacial score (nSPS) is 16.2. The van der Waals surface area contributed by atoms with Crippen LogP contribution in [0.2, 0.25) is 0 Å². The van der Waals surface area contributed by atoms with E-state index in [9.17, 15) is 10.1 Å². The summed E-state index contributed by atoms with van der Waals surface area (Å²) in [6.07, 6.45) is 0. The standard InChI is InChI=1S/C11H14N2O3.ClH/c14-13(15)11-3-1-10(2-4-11)9-12-5-7-16-8-6-12;/h1-4H,5-9H2;1H/p-1. The topological polar surface area (TPSA) is 55.6 Å². The maximum absolute atomic E-state index is 10.5. The number of ether oxygens (including phenoxy) is 1. The van der Waals surface area contributed by atoms with Gasteiger partial charge in [-0.1, -0.05) is 12.1 Å². The van der Waals surface area contributed by atoms with Crippen LogP contribution < -0.4 is 12.4 Å². The summed E-state index contributed by atoms with van der Waals surface area (Å²) >= 11 is 0. The Labute approximate surface area is 106 Å². The molecule has 2 rings (SSSR count). The van der Waals surface area contributed by atoms with E-state index in [1.54, 1.807) is 12.1 Å².